The van der Waals surface area contributed by atoms with Gasteiger partial charge in [0.1, 0.15) is 0 Å². The fraction of sp³-hybridized carbons (Fsp3) is 0.429. The quantitative estimate of drug-likeness (QED) is 0.838. The molecule has 1 aliphatic rings. The van der Waals surface area contributed by atoms with E-state index in [9.17, 15) is 9.59 Å². The zero-order chi connectivity index (χ0) is 18.5. The van der Waals surface area contributed by atoms with Crippen molar-refractivity contribution in [1.82, 2.24) is 10.2 Å². The van der Waals surface area contributed by atoms with Gasteiger partial charge in [-0.3, -0.25) is 14.5 Å². The van der Waals surface area contributed by atoms with Crippen molar-refractivity contribution in [2.75, 3.05) is 13.1 Å². The molecule has 3 N–H and O–H groups in total. The average Bonchev–Trinajstić information content (AvgIpc) is 2.62. The van der Waals surface area contributed by atoms with Gasteiger partial charge in [-0.05, 0) is 48.7 Å². The number of hydrogen-bond donors (Lipinski definition) is 2. The van der Waals surface area contributed by atoms with Gasteiger partial charge in [-0.2, -0.15) is 0 Å². The number of carbonyl (C=O) groups is 2. The first kappa shape index (κ1) is 18.4. The fourth-order valence-electron chi connectivity index (χ4n) is 3.76. The van der Waals surface area contributed by atoms with Crippen LogP contribution < -0.4 is 11.1 Å². The normalized spacial score (nSPS) is 19.2. The van der Waals surface area contributed by atoms with Crippen LogP contribution in [0.25, 0.3) is 10.8 Å². The van der Waals surface area contributed by atoms with Gasteiger partial charge in [0.25, 0.3) is 0 Å². The van der Waals surface area contributed by atoms with E-state index in [4.69, 9.17) is 5.73 Å². The molecule has 5 nitrogen and oxygen atoms in total. The molecule has 1 aliphatic heterocycles. The van der Waals surface area contributed by atoms with Crippen molar-refractivity contribution in [3.05, 3.63) is 48.0 Å². The number of piperidine rings is 1. The SMILES string of the molecule is CC(NC(=O)CN1CCCCC1CC(N)=O)c1ccc2ccccc2c1. The van der Waals surface area contributed by atoms with Crippen molar-refractivity contribution >= 4 is 22.6 Å². The molecule has 1 fully saturated rings. The van der Waals surface area contributed by atoms with E-state index in [0.717, 1.165) is 31.4 Å². The highest BCUT2D eigenvalue weighted by molar-refractivity contribution is 5.83. The van der Waals surface area contributed by atoms with Crippen LogP contribution in [0.4, 0.5) is 0 Å². The third-order valence-electron chi connectivity index (χ3n) is 5.18. The largest absolute Gasteiger partial charge is 0.370 e. The lowest BCUT2D eigenvalue weighted by Crippen LogP contribution is -2.47. The molecule has 2 unspecified atom stereocenters. The van der Waals surface area contributed by atoms with E-state index >= 15 is 0 Å². The van der Waals surface area contributed by atoms with Crippen molar-refractivity contribution in [3.63, 3.8) is 0 Å². The fourth-order valence-corrected chi connectivity index (χ4v) is 3.76. The van der Waals surface area contributed by atoms with Crippen LogP contribution in [0.1, 0.15) is 44.2 Å². The van der Waals surface area contributed by atoms with E-state index in [1.54, 1.807) is 0 Å². The number of hydrogen-bond acceptors (Lipinski definition) is 3. The maximum absolute atomic E-state index is 12.5. The first-order chi connectivity index (χ1) is 12.5. The Kier molecular flexibility index (Phi) is 5.89. The van der Waals surface area contributed by atoms with E-state index in [-0.39, 0.29) is 23.9 Å². The Hall–Kier alpha value is -2.40. The first-order valence-electron chi connectivity index (χ1n) is 9.33. The number of benzene rings is 2. The molecule has 26 heavy (non-hydrogen) atoms. The lowest BCUT2D eigenvalue weighted by Gasteiger charge is -2.34. The molecule has 138 valence electrons. The summed E-state index contributed by atoms with van der Waals surface area (Å²) in [5.41, 5.74) is 6.44. The lowest BCUT2D eigenvalue weighted by atomic mass is 9.99. The molecular weight excluding hydrogens is 326 g/mol. The smallest absolute Gasteiger partial charge is 0.234 e. The number of primary amides is 1. The highest BCUT2D eigenvalue weighted by Crippen LogP contribution is 2.21. The van der Waals surface area contributed by atoms with Crippen molar-refractivity contribution in [2.24, 2.45) is 5.73 Å². The number of nitrogens with one attached hydrogen (secondary N) is 1. The Morgan fingerprint density at radius 3 is 2.73 bits per heavy atom. The highest BCUT2D eigenvalue weighted by atomic mass is 16.2. The van der Waals surface area contributed by atoms with Crippen LogP contribution in [0.2, 0.25) is 0 Å². The van der Waals surface area contributed by atoms with Gasteiger partial charge in [0.2, 0.25) is 11.8 Å². The van der Waals surface area contributed by atoms with Crippen molar-refractivity contribution in [1.29, 1.82) is 0 Å². The molecule has 0 saturated carbocycles. The minimum absolute atomic E-state index is 0.0120. The monoisotopic (exact) mass is 353 g/mol. The molecule has 0 bridgehead atoms. The molecule has 0 aromatic heterocycles. The number of carbonyl (C=O) groups excluding carboxylic acids is 2. The zero-order valence-corrected chi connectivity index (χ0v) is 15.3. The molecule has 2 atom stereocenters. The summed E-state index contributed by atoms with van der Waals surface area (Å²) in [5, 5.41) is 5.45. The maximum atomic E-state index is 12.5. The summed E-state index contributed by atoms with van der Waals surface area (Å²) in [6.45, 7) is 3.16. The Labute approximate surface area is 154 Å². The van der Waals surface area contributed by atoms with Gasteiger partial charge in [-0.1, -0.05) is 42.8 Å². The summed E-state index contributed by atoms with van der Waals surface area (Å²) in [4.78, 5) is 25.9. The minimum Gasteiger partial charge on any atom is -0.370 e. The Morgan fingerprint density at radius 1 is 1.19 bits per heavy atom. The maximum Gasteiger partial charge on any atom is 0.234 e. The van der Waals surface area contributed by atoms with Crippen LogP contribution in [-0.4, -0.2) is 35.8 Å². The third-order valence-corrected chi connectivity index (χ3v) is 5.18. The van der Waals surface area contributed by atoms with E-state index < -0.39 is 0 Å². The van der Waals surface area contributed by atoms with E-state index in [1.165, 1.54) is 10.8 Å². The summed E-state index contributed by atoms with van der Waals surface area (Å²) in [6, 6.07) is 14.5. The third kappa shape index (κ3) is 4.61. The molecule has 3 rings (SSSR count). The van der Waals surface area contributed by atoms with Gasteiger partial charge in [-0.15, -0.1) is 0 Å². The molecule has 0 radical (unpaired) electrons. The van der Waals surface area contributed by atoms with Crippen LogP contribution in [0.5, 0.6) is 0 Å². The van der Waals surface area contributed by atoms with Crippen LogP contribution in [0.3, 0.4) is 0 Å². The number of nitrogens with zero attached hydrogens (tertiary/aromatic N) is 1. The first-order valence-corrected chi connectivity index (χ1v) is 9.33. The average molecular weight is 353 g/mol. The lowest BCUT2D eigenvalue weighted by molar-refractivity contribution is -0.125. The molecule has 2 amide bonds. The Morgan fingerprint density at radius 2 is 1.96 bits per heavy atom. The van der Waals surface area contributed by atoms with Crippen molar-refractivity contribution < 1.29 is 9.59 Å². The van der Waals surface area contributed by atoms with Gasteiger partial charge in [-0.25, -0.2) is 0 Å². The molecule has 1 heterocycles. The van der Waals surface area contributed by atoms with Crippen LogP contribution in [-0.2, 0) is 9.59 Å². The number of nitrogens with two attached hydrogens (primary N) is 1. The van der Waals surface area contributed by atoms with Crippen molar-refractivity contribution in [2.45, 2.75) is 44.7 Å². The Bertz CT molecular complexity index is 790. The standard InChI is InChI=1S/C21H27N3O2/c1-15(17-10-9-16-6-2-3-7-18(16)12-17)23-21(26)14-24-11-5-4-8-19(24)13-20(22)25/h2-3,6-7,9-10,12,15,19H,4-5,8,11,13-14H2,1H3,(H2,22,25)(H,23,26). The van der Waals surface area contributed by atoms with Gasteiger partial charge < -0.3 is 11.1 Å². The number of rotatable bonds is 6. The van der Waals surface area contributed by atoms with Crippen LogP contribution in [0, 0.1) is 0 Å². The molecule has 1 saturated heterocycles. The number of likely N-dealkylation sites (tertiary alicyclic amines) is 1. The molecular formula is C21H27N3O2. The van der Waals surface area contributed by atoms with Gasteiger partial charge in [0, 0.05) is 12.5 Å². The summed E-state index contributed by atoms with van der Waals surface area (Å²) < 4.78 is 0. The topological polar surface area (TPSA) is 75.4 Å². The van der Waals surface area contributed by atoms with Crippen LogP contribution in [0.15, 0.2) is 42.5 Å². The zero-order valence-electron chi connectivity index (χ0n) is 15.3. The summed E-state index contributed by atoms with van der Waals surface area (Å²) in [5.74, 6) is -0.311. The van der Waals surface area contributed by atoms with Gasteiger partial charge in [0.15, 0.2) is 0 Å². The number of fused-ring (bicyclic) bond motifs is 1. The van der Waals surface area contributed by atoms with Gasteiger partial charge in [0.05, 0.1) is 12.6 Å². The summed E-state index contributed by atoms with van der Waals surface area (Å²) in [6.07, 6.45) is 3.40. The number of amides is 2. The van der Waals surface area contributed by atoms with Gasteiger partial charge >= 0.3 is 0 Å². The molecule has 0 spiro atoms. The highest BCUT2D eigenvalue weighted by Gasteiger charge is 2.26. The summed E-state index contributed by atoms with van der Waals surface area (Å²) >= 11 is 0. The minimum atomic E-state index is -0.299. The molecule has 2 aromatic rings. The van der Waals surface area contributed by atoms with Crippen molar-refractivity contribution in [3.8, 4) is 0 Å². The molecule has 0 aliphatic carbocycles. The van der Waals surface area contributed by atoms with E-state index in [2.05, 4.69) is 40.5 Å². The molecule has 2 aromatic carbocycles. The predicted molar refractivity (Wildman–Crippen MR) is 104 cm³/mol. The Balaban J connectivity index is 1.61. The second-order valence-electron chi connectivity index (χ2n) is 7.19. The predicted octanol–water partition coefficient (Wildman–Crippen LogP) is 2.75. The second-order valence-corrected chi connectivity index (χ2v) is 7.19. The van der Waals surface area contributed by atoms with Crippen LogP contribution >= 0.6 is 0 Å². The molecule has 5 heteroatoms. The van der Waals surface area contributed by atoms with E-state index in [1.807, 2.05) is 19.1 Å². The second kappa shape index (κ2) is 8.32. The summed E-state index contributed by atoms with van der Waals surface area (Å²) in [7, 11) is 0. The van der Waals surface area contributed by atoms with E-state index in [0.29, 0.717) is 13.0 Å².